The van der Waals surface area contributed by atoms with E-state index in [-0.39, 0.29) is 0 Å². The fourth-order valence-electron chi connectivity index (χ4n) is 0.418. The molecule has 0 spiro atoms. The topological polar surface area (TPSA) is 12.9 Å². The Balaban J connectivity index is 3.13. The van der Waals surface area contributed by atoms with Crippen molar-refractivity contribution in [2.75, 3.05) is 0 Å². The van der Waals surface area contributed by atoms with Gasteiger partial charge in [0.25, 0.3) is 0 Å². The predicted molar refractivity (Wildman–Crippen MR) is 41.4 cm³/mol. The minimum Gasteiger partial charge on any atom is -0.260 e. The molecule has 1 aromatic heterocycles. The van der Waals surface area contributed by atoms with Crippen LogP contribution < -0.4 is 0 Å². The molecule has 0 aromatic carbocycles. The van der Waals surface area contributed by atoms with Crippen molar-refractivity contribution in [1.29, 1.82) is 0 Å². The van der Waals surface area contributed by atoms with Gasteiger partial charge in [0, 0.05) is 9.77 Å². The van der Waals surface area contributed by atoms with E-state index < -0.39 is 0 Å². The van der Waals surface area contributed by atoms with Gasteiger partial charge in [0.2, 0.25) is 0 Å². The van der Waals surface area contributed by atoms with Crippen molar-refractivity contribution in [3.8, 4) is 0 Å². The Morgan fingerprint density at radius 3 is 2.75 bits per heavy atom. The van der Waals surface area contributed by atoms with Crippen LogP contribution in [-0.2, 0) is 0 Å². The van der Waals surface area contributed by atoms with Gasteiger partial charge in [-0.2, -0.15) is 0 Å². The van der Waals surface area contributed by atoms with Gasteiger partial charge in [0.15, 0.2) is 0 Å². The fourth-order valence-corrected chi connectivity index (χ4v) is 0.765. The Kier molecular flexibility index (Phi) is 1.83. The molecule has 0 N–H and O–H groups in total. The molecule has 1 rings (SSSR count). The lowest BCUT2D eigenvalue weighted by Gasteiger charge is -1.90. The van der Waals surface area contributed by atoms with Crippen LogP contribution in [0.5, 0.6) is 0 Å². The van der Waals surface area contributed by atoms with Crippen LogP contribution in [-0.4, -0.2) is 4.98 Å². The third-order valence-electron chi connectivity index (χ3n) is 0.835. The number of aromatic nitrogens is 1. The lowest BCUT2D eigenvalue weighted by molar-refractivity contribution is 1.25. The van der Waals surface area contributed by atoms with Crippen LogP contribution in [0.25, 0.3) is 0 Å². The molecule has 0 atom stereocenters. The van der Waals surface area contributed by atoms with E-state index in [0.29, 0.717) is 0 Å². The van der Waals surface area contributed by atoms with Crippen LogP contribution in [0.3, 0.4) is 0 Å². The van der Waals surface area contributed by atoms with E-state index in [1.807, 2.05) is 12.1 Å². The van der Waals surface area contributed by atoms with Crippen molar-refractivity contribution in [1.82, 2.24) is 4.98 Å². The quantitative estimate of drug-likeness (QED) is 0.605. The zero-order valence-electron chi connectivity index (χ0n) is 4.26. The van der Waals surface area contributed by atoms with Crippen molar-refractivity contribution in [3.63, 3.8) is 0 Å². The number of nitrogens with zero attached hydrogens (tertiary/aromatic N) is 1. The first-order valence-electron chi connectivity index (χ1n) is 2.23. The highest BCUT2D eigenvalue weighted by Gasteiger charge is 1.87. The Morgan fingerprint density at radius 1 is 1.62 bits per heavy atom. The van der Waals surface area contributed by atoms with Gasteiger partial charge in [0.1, 0.15) is 0 Å². The summed E-state index contributed by atoms with van der Waals surface area (Å²) in [7, 11) is 0. The first-order valence-corrected chi connectivity index (χ1v) is 3.31. The third-order valence-corrected chi connectivity index (χ3v) is 1.82. The molecule has 0 fully saturated rings. The van der Waals surface area contributed by atoms with Crippen molar-refractivity contribution in [2.24, 2.45) is 0 Å². The normalized spacial score (nSPS) is 9.25. The highest BCUT2D eigenvalue weighted by Crippen LogP contribution is 2.05. The van der Waals surface area contributed by atoms with E-state index in [1.54, 1.807) is 6.20 Å². The number of rotatable bonds is 0. The summed E-state index contributed by atoms with van der Waals surface area (Å²) < 4.78 is 1.12. The Morgan fingerprint density at radius 2 is 2.38 bits per heavy atom. The van der Waals surface area contributed by atoms with E-state index in [1.165, 1.54) is 0 Å². The summed E-state index contributed by atoms with van der Waals surface area (Å²) in [6.45, 7) is 3.70. The first-order chi connectivity index (χ1) is 3.80. The Labute approximate surface area is 62.3 Å². The van der Waals surface area contributed by atoms with Crippen LogP contribution in [0.2, 0.25) is 0 Å². The second kappa shape index (κ2) is 2.44. The summed E-state index contributed by atoms with van der Waals surface area (Å²) in [6, 6.07) is 3.88. The van der Waals surface area contributed by atoms with Crippen LogP contribution in [0.15, 0.2) is 18.3 Å². The van der Waals surface area contributed by atoms with E-state index >= 15 is 0 Å². The van der Waals surface area contributed by atoms with E-state index in [0.717, 1.165) is 9.26 Å². The highest BCUT2D eigenvalue weighted by molar-refractivity contribution is 14.1. The minimum atomic E-state index is 0.855. The van der Waals surface area contributed by atoms with Gasteiger partial charge in [-0.05, 0) is 41.6 Å². The zero-order valence-corrected chi connectivity index (χ0v) is 6.42. The van der Waals surface area contributed by atoms with Gasteiger partial charge in [0.05, 0.1) is 5.69 Å². The van der Waals surface area contributed by atoms with Crippen molar-refractivity contribution in [2.45, 2.75) is 0 Å². The molecule has 0 bridgehead atoms. The molecule has 1 nitrogen and oxygen atoms in total. The van der Waals surface area contributed by atoms with Gasteiger partial charge in [-0.3, -0.25) is 4.98 Å². The second-order valence-corrected chi connectivity index (χ2v) is 2.59. The maximum Gasteiger partial charge on any atom is 0.0540 e. The van der Waals surface area contributed by atoms with Gasteiger partial charge in [-0.15, -0.1) is 0 Å². The average molecular weight is 218 g/mol. The molecule has 1 aromatic rings. The monoisotopic (exact) mass is 218 g/mol. The average Bonchev–Trinajstić information content (AvgIpc) is 1.77. The van der Waals surface area contributed by atoms with E-state index in [9.17, 15) is 0 Å². The van der Waals surface area contributed by atoms with Gasteiger partial charge in [-0.25, -0.2) is 0 Å². The van der Waals surface area contributed by atoms with Crippen molar-refractivity contribution < 1.29 is 0 Å². The molecule has 8 heavy (non-hydrogen) atoms. The van der Waals surface area contributed by atoms with Crippen LogP contribution in [0.1, 0.15) is 5.69 Å². The molecule has 0 aliphatic rings. The SMILES string of the molecule is [CH2]c1ncccc1I. The molecular weight excluding hydrogens is 213 g/mol. The van der Waals surface area contributed by atoms with E-state index in [2.05, 4.69) is 34.5 Å². The number of halogens is 1. The number of pyridine rings is 1. The van der Waals surface area contributed by atoms with Gasteiger partial charge in [-0.1, -0.05) is 0 Å². The van der Waals surface area contributed by atoms with Crippen LogP contribution in [0.4, 0.5) is 0 Å². The maximum atomic E-state index is 3.96. The molecule has 0 amide bonds. The molecule has 2 heteroatoms. The number of hydrogen-bond acceptors (Lipinski definition) is 1. The molecule has 1 radical (unpaired) electrons. The molecule has 0 aliphatic heterocycles. The highest BCUT2D eigenvalue weighted by atomic mass is 127. The maximum absolute atomic E-state index is 3.96. The van der Waals surface area contributed by atoms with Gasteiger partial charge < -0.3 is 0 Å². The summed E-state index contributed by atoms with van der Waals surface area (Å²) >= 11 is 2.20. The van der Waals surface area contributed by atoms with E-state index in [4.69, 9.17) is 0 Å². The summed E-state index contributed by atoms with van der Waals surface area (Å²) in [5.74, 6) is 0. The first kappa shape index (κ1) is 6.01. The van der Waals surface area contributed by atoms with Crippen LogP contribution in [0, 0.1) is 10.5 Å². The van der Waals surface area contributed by atoms with Crippen molar-refractivity contribution in [3.05, 3.63) is 34.5 Å². The third kappa shape index (κ3) is 1.18. The van der Waals surface area contributed by atoms with Gasteiger partial charge >= 0.3 is 0 Å². The molecule has 0 aliphatic carbocycles. The lowest BCUT2D eigenvalue weighted by atomic mass is 10.4. The summed E-state index contributed by atoms with van der Waals surface area (Å²) in [5, 5.41) is 0. The van der Waals surface area contributed by atoms with Crippen molar-refractivity contribution >= 4 is 22.6 Å². The minimum absolute atomic E-state index is 0.855. The zero-order chi connectivity index (χ0) is 5.98. The number of hydrogen-bond donors (Lipinski definition) is 0. The van der Waals surface area contributed by atoms with Crippen LogP contribution >= 0.6 is 22.6 Å². The molecule has 1 heterocycles. The lowest BCUT2D eigenvalue weighted by Crippen LogP contribution is -1.81. The smallest absolute Gasteiger partial charge is 0.0540 e. The molecule has 0 saturated carbocycles. The summed E-state index contributed by atoms with van der Waals surface area (Å²) in [5.41, 5.74) is 0.855. The largest absolute Gasteiger partial charge is 0.260 e. The second-order valence-electron chi connectivity index (χ2n) is 1.43. The Hall–Kier alpha value is -0.120. The molecular formula is C6H5IN. The summed E-state index contributed by atoms with van der Waals surface area (Å²) in [6.07, 6.45) is 1.74. The summed E-state index contributed by atoms with van der Waals surface area (Å²) in [4.78, 5) is 3.96. The fraction of sp³-hybridized carbons (Fsp3) is 0. The Bertz CT molecular complexity index is 165. The predicted octanol–water partition coefficient (Wildman–Crippen LogP) is 1.87. The molecule has 0 unspecified atom stereocenters. The standard InChI is InChI=1S/C6H5IN/c1-5-6(7)3-2-4-8-5/h2-4H,1H2. The molecule has 41 valence electrons. The molecule has 0 saturated heterocycles.